The molecule has 0 radical (unpaired) electrons. The Kier molecular flexibility index (Phi) is 4.18. The number of phenols is 2. The molecule has 0 bridgehead atoms. The maximum atomic E-state index is 11.9. The molecule has 0 amide bonds. The number of rotatable bonds is 5. The van der Waals surface area contributed by atoms with Crippen molar-refractivity contribution in [2.75, 3.05) is 0 Å². The first-order valence-electron chi connectivity index (χ1n) is 6.26. The maximum Gasteiger partial charge on any atom is 0.162 e. The predicted octanol–water partition coefficient (Wildman–Crippen LogP) is 3.30. The smallest absolute Gasteiger partial charge is 0.162 e. The highest BCUT2D eigenvalue weighted by molar-refractivity contribution is 5.95. The van der Waals surface area contributed by atoms with E-state index in [1.165, 1.54) is 18.2 Å². The quantitative estimate of drug-likeness (QED) is 0.637. The highest BCUT2D eigenvalue weighted by atomic mass is 16.3. The predicted molar refractivity (Wildman–Crippen MR) is 73.5 cm³/mol. The van der Waals surface area contributed by atoms with Gasteiger partial charge in [0, 0.05) is 12.0 Å². The van der Waals surface area contributed by atoms with E-state index in [0.717, 1.165) is 0 Å². The molecule has 0 heterocycles. The molecule has 0 fully saturated rings. The lowest BCUT2D eigenvalue weighted by Crippen LogP contribution is -1.99. The molecular formula is C16H16O3. The molecule has 0 aliphatic carbocycles. The Bertz CT molecular complexity index is 561. The van der Waals surface area contributed by atoms with E-state index < -0.39 is 0 Å². The molecule has 3 heteroatoms. The van der Waals surface area contributed by atoms with Gasteiger partial charge < -0.3 is 10.2 Å². The van der Waals surface area contributed by atoms with Crippen molar-refractivity contribution in [1.82, 2.24) is 0 Å². The molecule has 0 atom stereocenters. The number of carbonyl (C=O) groups excluding carboxylic acids is 1. The van der Waals surface area contributed by atoms with E-state index >= 15 is 0 Å². The van der Waals surface area contributed by atoms with Gasteiger partial charge in [-0.3, -0.25) is 4.79 Å². The van der Waals surface area contributed by atoms with E-state index in [9.17, 15) is 15.0 Å². The van der Waals surface area contributed by atoms with Crippen molar-refractivity contribution in [2.45, 2.75) is 19.3 Å². The Hall–Kier alpha value is -2.29. The molecule has 2 rings (SSSR count). The van der Waals surface area contributed by atoms with Gasteiger partial charge in [0.05, 0.1) is 0 Å². The second-order valence-electron chi connectivity index (χ2n) is 4.46. The zero-order valence-electron chi connectivity index (χ0n) is 10.5. The third kappa shape index (κ3) is 3.58. The first kappa shape index (κ1) is 13.1. The largest absolute Gasteiger partial charge is 0.508 e. The number of carbonyl (C=O) groups is 1. The van der Waals surface area contributed by atoms with Crippen LogP contribution in [-0.2, 0) is 6.42 Å². The van der Waals surface area contributed by atoms with Gasteiger partial charge in [-0.2, -0.15) is 0 Å². The van der Waals surface area contributed by atoms with Gasteiger partial charge in [0.2, 0.25) is 0 Å². The Morgan fingerprint density at radius 2 is 1.74 bits per heavy atom. The van der Waals surface area contributed by atoms with Crippen molar-refractivity contribution in [3.63, 3.8) is 0 Å². The molecule has 0 saturated carbocycles. The average molecular weight is 256 g/mol. The summed E-state index contributed by atoms with van der Waals surface area (Å²) in [6, 6.07) is 13.6. The highest BCUT2D eigenvalue weighted by Gasteiger charge is 2.07. The fraction of sp³-hybridized carbons (Fsp3) is 0.188. The van der Waals surface area contributed by atoms with Crippen LogP contribution >= 0.6 is 0 Å². The van der Waals surface area contributed by atoms with E-state index in [2.05, 4.69) is 0 Å². The van der Waals surface area contributed by atoms with Crippen LogP contribution in [0.2, 0.25) is 0 Å². The fourth-order valence-corrected chi connectivity index (χ4v) is 1.98. The standard InChI is InChI=1S/C16H16O3/c17-14-9-10-16(19)13(11-14)7-4-8-15(18)12-5-2-1-3-6-12/h1-3,5-6,9-11,17,19H,4,7-8H2. The van der Waals surface area contributed by atoms with Gasteiger partial charge in [-0.05, 0) is 36.6 Å². The third-order valence-corrected chi connectivity index (χ3v) is 3.01. The van der Waals surface area contributed by atoms with Crippen LogP contribution in [0.5, 0.6) is 11.5 Å². The van der Waals surface area contributed by atoms with Crippen molar-refractivity contribution in [3.8, 4) is 11.5 Å². The lowest BCUT2D eigenvalue weighted by Gasteiger charge is -2.05. The molecule has 2 N–H and O–H groups in total. The molecule has 2 aromatic carbocycles. The van der Waals surface area contributed by atoms with Gasteiger partial charge in [-0.25, -0.2) is 0 Å². The van der Waals surface area contributed by atoms with Crippen LogP contribution in [-0.4, -0.2) is 16.0 Å². The first-order valence-corrected chi connectivity index (χ1v) is 6.26. The molecule has 0 aliphatic heterocycles. The summed E-state index contributed by atoms with van der Waals surface area (Å²) in [5, 5.41) is 19.0. The normalized spacial score (nSPS) is 10.3. The van der Waals surface area contributed by atoms with Crippen LogP contribution in [0.25, 0.3) is 0 Å². The van der Waals surface area contributed by atoms with Crippen molar-refractivity contribution >= 4 is 5.78 Å². The van der Waals surface area contributed by atoms with Gasteiger partial charge in [-0.1, -0.05) is 30.3 Å². The zero-order chi connectivity index (χ0) is 13.7. The zero-order valence-corrected chi connectivity index (χ0v) is 10.5. The third-order valence-electron chi connectivity index (χ3n) is 3.01. The molecule has 0 spiro atoms. The number of benzene rings is 2. The Labute approximate surface area is 112 Å². The van der Waals surface area contributed by atoms with Crippen LogP contribution in [0, 0.1) is 0 Å². The van der Waals surface area contributed by atoms with Crippen LogP contribution in [0.1, 0.15) is 28.8 Å². The van der Waals surface area contributed by atoms with E-state index in [-0.39, 0.29) is 17.3 Å². The number of ketones is 1. The molecule has 0 unspecified atom stereocenters. The molecule has 98 valence electrons. The van der Waals surface area contributed by atoms with Crippen molar-refractivity contribution in [3.05, 3.63) is 59.7 Å². The van der Waals surface area contributed by atoms with Crippen molar-refractivity contribution in [1.29, 1.82) is 0 Å². The van der Waals surface area contributed by atoms with Gasteiger partial charge in [0.1, 0.15) is 11.5 Å². The molecule has 19 heavy (non-hydrogen) atoms. The minimum atomic E-state index is 0.0974. The van der Waals surface area contributed by atoms with E-state index in [1.54, 1.807) is 12.1 Å². The molecule has 3 nitrogen and oxygen atoms in total. The first-order chi connectivity index (χ1) is 9.16. The highest BCUT2D eigenvalue weighted by Crippen LogP contribution is 2.23. The second-order valence-corrected chi connectivity index (χ2v) is 4.46. The van der Waals surface area contributed by atoms with Crippen molar-refractivity contribution in [2.24, 2.45) is 0 Å². The lowest BCUT2D eigenvalue weighted by molar-refractivity contribution is 0.0980. The van der Waals surface area contributed by atoms with Crippen molar-refractivity contribution < 1.29 is 15.0 Å². The topological polar surface area (TPSA) is 57.5 Å². The number of Topliss-reactive ketones (excluding diaryl/α,β-unsaturated/α-hetero) is 1. The molecule has 0 aliphatic rings. The maximum absolute atomic E-state index is 11.9. The number of hydrogen-bond donors (Lipinski definition) is 2. The van der Waals surface area contributed by atoms with Gasteiger partial charge >= 0.3 is 0 Å². The van der Waals surface area contributed by atoms with E-state index in [1.807, 2.05) is 18.2 Å². The molecular weight excluding hydrogens is 240 g/mol. The molecule has 2 aromatic rings. The van der Waals surface area contributed by atoms with Gasteiger partial charge in [0.25, 0.3) is 0 Å². The summed E-state index contributed by atoms with van der Waals surface area (Å²) in [6.07, 6.45) is 1.64. The summed E-state index contributed by atoms with van der Waals surface area (Å²) in [5.74, 6) is 0.382. The van der Waals surface area contributed by atoms with Crippen LogP contribution < -0.4 is 0 Å². The molecule has 0 aromatic heterocycles. The van der Waals surface area contributed by atoms with E-state index in [0.29, 0.717) is 30.4 Å². The minimum absolute atomic E-state index is 0.0974. The van der Waals surface area contributed by atoms with Crippen LogP contribution in [0.3, 0.4) is 0 Å². The summed E-state index contributed by atoms with van der Waals surface area (Å²) in [5.41, 5.74) is 1.38. The Morgan fingerprint density at radius 3 is 2.47 bits per heavy atom. The average Bonchev–Trinajstić information content (AvgIpc) is 2.43. The number of aryl methyl sites for hydroxylation is 1. The summed E-state index contributed by atoms with van der Waals surface area (Å²) in [6.45, 7) is 0. The summed E-state index contributed by atoms with van der Waals surface area (Å²) >= 11 is 0. The van der Waals surface area contributed by atoms with Gasteiger partial charge in [0.15, 0.2) is 5.78 Å². The summed E-state index contributed by atoms with van der Waals surface area (Å²) < 4.78 is 0. The van der Waals surface area contributed by atoms with Crippen LogP contribution in [0.4, 0.5) is 0 Å². The second kappa shape index (κ2) is 6.05. The Morgan fingerprint density at radius 1 is 1.00 bits per heavy atom. The fourth-order valence-electron chi connectivity index (χ4n) is 1.98. The van der Waals surface area contributed by atoms with Crippen LogP contribution in [0.15, 0.2) is 48.5 Å². The molecule has 0 saturated heterocycles. The van der Waals surface area contributed by atoms with E-state index in [4.69, 9.17) is 0 Å². The monoisotopic (exact) mass is 256 g/mol. The minimum Gasteiger partial charge on any atom is -0.508 e. The number of hydrogen-bond acceptors (Lipinski definition) is 3. The SMILES string of the molecule is O=C(CCCc1cc(O)ccc1O)c1ccccc1. The lowest BCUT2D eigenvalue weighted by atomic mass is 10.0. The number of phenolic OH excluding ortho intramolecular Hbond substituents is 2. The Balaban J connectivity index is 1.90. The number of aromatic hydroxyl groups is 2. The summed E-state index contributed by atoms with van der Waals surface area (Å²) in [7, 11) is 0. The van der Waals surface area contributed by atoms with Gasteiger partial charge in [-0.15, -0.1) is 0 Å². The summed E-state index contributed by atoms with van der Waals surface area (Å²) in [4.78, 5) is 11.9.